The summed E-state index contributed by atoms with van der Waals surface area (Å²) in [6.45, 7) is 3.64. The van der Waals surface area contributed by atoms with E-state index in [-0.39, 0.29) is 23.9 Å². The lowest BCUT2D eigenvalue weighted by atomic mass is 10.1. The summed E-state index contributed by atoms with van der Waals surface area (Å²) >= 11 is 5.98. The lowest BCUT2D eigenvalue weighted by Gasteiger charge is -2.10. The van der Waals surface area contributed by atoms with E-state index in [1.165, 1.54) is 10.6 Å². The third-order valence-corrected chi connectivity index (χ3v) is 4.56. The number of carbonyl (C=O) groups is 2. The zero-order valence-corrected chi connectivity index (χ0v) is 16.8. The van der Waals surface area contributed by atoms with Crippen LogP contribution in [-0.2, 0) is 11.3 Å². The van der Waals surface area contributed by atoms with E-state index in [4.69, 9.17) is 11.6 Å². The van der Waals surface area contributed by atoms with E-state index in [9.17, 15) is 14.4 Å². The van der Waals surface area contributed by atoms with Crippen LogP contribution in [0.25, 0.3) is 0 Å². The Kier molecular flexibility index (Phi) is 6.14. The van der Waals surface area contributed by atoms with E-state index in [0.29, 0.717) is 22.0 Å². The van der Waals surface area contributed by atoms with Crippen molar-refractivity contribution in [2.24, 2.45) is 0 Å². The first-order chi connectivity index (χ1) is 13.8. The third-order valence-electron chi connectivity index (χ3n) is 4.32. The summed E-state index contributed by atoms with van der Waals surface area (Å²) in [6, 6.07) is 14.9. The minimum atomic E-state index is -0.329. The van der Waals surface area contributed by atoms with E-state index < -0.39 is 0 Å². The zero-order valence-electron chi connectivity index (χ0n) is 16.0. The predicted octanol–water partition coefficient (Wildman–Crippen LogP) is 4.01. The van der Waals surface area contributed by atoms with Crippen LogP contribution in [0.15, 0.2) is 65.6 Å². The van der Waals surface area contributed by atoms with Gasteiger partial charge in [0.15, 0.2) is 0 Å². The number of nitrogens with one attached hydrogen (secondary N) is 2. The summed E-state index contributed by atoms with van der Waals surface area (Å²) in [4.78, 5) is 36.5. The maximum absolute atomic E-state index is 12.4. The van der Waals surface area contributed by atoms with Crippen molar-refractivity contribution in [2.75, 3.05) is 10.6 Å². The average Bonchev–Trinajstić information content (AvgIpc) is 2.68. The Bertz CT molecular complexity index is 1120. The van der Waals surface area contributed by atoms with Crippen LogP contribution in [0, 0.1) is 13.8 Å². The molecule has 7 heteroatoms. The Balaban J connectivity index is 1.64. The quantitative estimate of drug-likeness (QED) is 0.668. The van der Waals surface area contributed by atoms with E-state index in [2.05, 4.69) is 10.6 Å². The predicted molar refractivity (Wildman–Crippen MR) is 115 cm³/mol. The van der Waals surface area contributed by atoms with Gasteiger partial charge in [0.1, 0.15) is 6.54 Å². The molecule has 0 saturated heterocycles. The number of hydrogen-bond acceptors (Lipinski definition) is 3. The van der Waals surface area contributed by atoms with Gasteiger partial charge in [-0.2, -0.15) is 0 Å². The molecule has 0 aliphatic rings. The largest absolute Gasteiger partial charge is 0.325 e. The molecule has 0 bridgehead atoms. The monoisotopic (exact) mass is 409 g/mol. The number of aryl methyl sites for hydroxylation is 2. The van der Waals surface area contributed by atoms with Crippen LogP contribution in [0.4, 0.5) is 11.4 Å². The highest BCUT2D eigenvalue weighted by molar-refractivity contribution is 6.31. The molecule has 0 atom stereocenters. The van der Waals surface area contributed by atoms with Crippen molar-refractivity contribution in [3.63, 3.8) is 0 Å². The van der Waals surface area contributed by atoms with Crippen LogP contribution < -0.4 is 16.2 Å². The third kappa shape index (κ3) is 5.33. The first kappa shape index (κ1) is 20.4. The molecule has 0 unspecified atom stereocenters. The van der Waals surface area contributed by atoms with Gasteiger partial charge in [-0.25, -0.2) is 0 Å². The fourth-order valence-corrected chi connectivity index (χ4v) is 2.93. The molecule has 2 amide bonds. The van der Waals surface area contributed by atoms with Gasteiger partial charge < -0.3 is 15.2 Å². The number of benzene rings is 2. The van der Waals surface area contributed by atoms with Crippen molar-refractivity contribution in [1.29, 1.82) is 0 Å². The molecular weight excluding hydrogens is 390 g/mol. The fourth-order valence-electron chi connectivity index (χ4n) is 2.76. The molecule has 0 spiro atoms. The number of halogens is 1. The van der Waals surface area contributed by atoms with Crippen molar-refractivity contribution in [3.8, 4) is 0 Å². The summed E-state index contributed by atoms with van der Waals surface area (Å²) in [6.07, 6.45) is 1.63. The molecular formula is C22H20ClN3O3. The topological polar surface area (TPSA) is 80.2 Å². The molecule has 0 aliphatic carbocycles. The molecule has 0 saturated carbocycles. The van der Waals surface area contributed by atoms with E-state index in [0.717, 1.165) is 11.1 Å². The SMILES string of the molecule is Cc1ccc(=O)n(CC(=O)Nc2ccc(C(=O)Nc3cc(Cl)ccc3C)cc2)c1. The van der Waals surface area contributed by atoms with Gasteiger partial charge in [0, 0.05) is 34.2 Å². The van der Waals surface area contributed by atoms with E-state index in [1.807, 2.05) is 19.9 Å². The molecule has 2 aromatic carbocycles. The lowest BCUT2D eigenvalue weighted by Crippen LogP contribution is -2.26. The highest BCUT2D eigenvalue weighted by Crippen LogP contribution is 2.21. The van der Waals surface area contributed by atoms with Crippen LogP contribution in [-0.4, -0.2) is 16.4 Å². The second kappa shape index (κ2) is 8.75. The van der Waals surface area contributed by atoms with Crippen LogP contribution >= 0.6 is 11.6 Å². The van der Waals surface area contributed by atoms with Crippen molar-refractivity contribution in [2.45, 2.75) is 20.4 Å². The van der Waals surface area contributed by atoms with Crippen LogP contribution in [0.1, 0.15) is 21.5 Å². The normalized spacial score (nSPS) is 10.4. The molecule has 29 heavy (non-hydrogen) atoms. The number of rotatable bonds is 5. The first-order valence-electron chi connectivity index (χ1n) is 8.96. The average molecular weight is 410 g/mol. The molecule has 0 fully saturated rings. The Morgan fingerprint density at radius 1 is 0.966 bits per heavy atom. The Morgan fingerprint density at radius 2 is 1.69 bits per heavy atom. The van der Waals surface area contributed by atoms with Gasteiger partial charge >= 0.3 is 0 Å². The van der Waals surface area contributed by atoms with Gasteiger partial charge in [-0.1, -0.05) is 23.7 Å². The number of aromatic nitrogens is 1. The smallest absolute Gasteiger partial charge is 0.255 e. The molecule has 2 N–H and O–H groups in total. The Morgan fingerprint density at radius 3 is 2.41 bits per heavy atom. The molecule has 1 heterocycles. The van der Waals surface area contributed by atoms with E-state index in [1.54, 1.807) is 48.7 Å². The van der Waals surface area contributed by atoms with Gasteiger partial charge in [0.25, 0.3) is 11.5 Å². The second-order valence-corrected chi connectivity index (χ2v) is 7.15. The van der Waals surface area contributed by atoms with Gasteiger partial charge in [0.2, 0.25) is 5.91 Å². The summed E-state index contributed by atoms with van der Waals surface area (Å²) < 4.78 is 1.35. The standard InChI is InChI=1S/C22H20ClN3O3/c1-14-3-10-21(28)26(12-14)13-20(27)24-18-8-5-16(6-9-18)22(29)25-19-11-17(23)7-4-15(19)2/h3-12H,13H2,1-2H3,(H,24,27)(H,25,29). The number of pyridine rings is 1. The molecule has 0 radical (unpaired) electrons. The lowest BCUT2D eigenvalue weighted by molar-refractivity contribution is -0.116. The minimum Gasteiger partial charge on any atom is -0.325 e. The molecule has 3 aromatic rings. The van der Waals surface area contributed by atoms with E-state index >= 15 is 0 Å². The molecule has 0 aliphatic heterocycles. The molecule has 3 rings (SSSR count). The minimum absolute atomic E-state index is 0.0865. The van der Waals surface area contributed by atoms with Crippen LogP contribution in [0.5, 0.6) is 0 Å². The summed E-state index contributed by atoms with van der Waals surface area (Å²) in [5.74, 6) is -0.607. The number of amides is 2. The number of nitrogens with zero attached hydrogens (tertiary/aromatic N) is 1. The zero-order chi connectivity index (χ0) is 21.0. The highest BCUT2D eigenvalue weighted by Gasteiger charge is 2.10. The maximum atomic E-state index is 12.4. The van der Waals surface area contributed by atoms with Gasteiger partial charge in [0.05, 0.1) is 0 Å². The van der Waals surface area contributed by atoms with Gasteiger partial charge in [-0.3, -0.25) is 14.4 Å². The van der Waals surface area contributed by atoms with Crippen molar-refractivity contribution in [1.82, 2.24) is 4.57 Å². The highest BCUT2D eigenvalue weighted by atomic mass is 35.5. The van der Waals surface area contributed by atoms with Crippen molar-refractivity contribution < 1.29 is 9.59 Å². The van der Waals surface area contributed by atoms with Crippen molar-refractivity contribution in [3.05, 3.63) is 92.9 Å². The first-order valence-corrected chi connectivity index (χ1v) is 9.34. The van der Waals surface area contributed by atoms with Crippen molar-refractivity contribution >= 4 is 34.8 Å². The second-order valence-electron chi connectivity index (χ2n) is 6.71. The molecule has 1 aromatic heterocycles. The summed E-state index contributed by atoms with van der Waals surface area (Å²) in [7, 11) is 0. The maximum Gasteiger partial charge on any atom is 0.255 e. The number of carbonyl (C=O) groups excluding carboxylic acids is 2. The van der Waals surface area contributed by atoms with Crippen LogP contribution in [0.2, 0.25) is 5.02 Å². The van der Waals surface area contributed by atoms with Gasteiger partial charge in [-0.15, -0.1) is 0 Å². The molecule has 148 valence electrons. The fraction of sp³-hybridized carbons (Fsp3) is 0.136. The Labute approximate surface area is 173 Å². The number of hydrogen-bond donors (Lipinski definition) is 2. The summed E-state index contributed by atoms with van der Waals surface area (Å²) in [5, 5.41) is 6.08. The van der Waals surface area contributed by atoms with Gasteiger partial charge in [-0.05, 0) is 61.4 Å². The summed E-state index contributed by atoms with van der Waals surface area (Å²) in [5.41, 5.74) is 3.17. The molecule has 6 nitrogen and oxygen atoms in total. The van der Waals surface area contributed by atoms with Crippen LogP contribution in [0.3, 0.4) is 0 Å². The number of anilines is 2. The Hall–Kier alpha value is -3.38.